The zero-order valence-corrected chi connectivity index (χ0v) is 17.7. The molecule has 3 aromatic rings. The van der Waals surface area contributed by atoms with Crippen LogP contribution in [0.2, 0.25) is 5.02 Å². The number of benzene rings is 2. The van der Waals surface area contributed by atoms with E-state index >= 15 is 0 Å². The average molecular weight is 471 g/mol. The molecule has 5 nitrogen and oxygen atoms in total. The molecular weight excluding hydrogens is 453 g/mol. The third-order valence-electron chi connectivity index (χ3n) is 4.10. The summed E-state index contributed by atoms with van der Waals surface area (Å²) in [6.45, 7) is -0.450. The largest absolute Gasteiger partial charge is 0.450 e. The Bertz CT molecular complexity index is 1090. The second-order valence-electron chi connectivity index (χ2n) is 6.64. The minimum absolute atomic E-state index is 0.202. The van der Waals surface area contributed by atoms with E-state index in [9.17, 15) is 21.6 Å². The van der Waals surface area contributed by atoms with Crippen LogP contribution in [0.4, 0.5) is 13.2 Å². The first-order chi connectivity index (χ1) is 14.6. The van der Waals surface area contributed by atoms with Gasteiger partial charge in [-0.25, -0.2) is 8.42 Å². The molecular formula is C21H18ClF3N2O3S. The molecule has 0 radical (unpaired) electrons. The standard InChI is InChI=1S/C15H14ClF3N2O2S.C6H4O/c16-13-6-4-12(5-7-13)9-21(10-14-3-1-2-8-20-14)24(22,23)11-15(17,18)19;1-2-4-6-5(3-1)7-6/h1-8H,9-11H2;1-4H. The van der Waals surface area contributed by atoms with Crippen molar-refractivity contribution >= 4 is 21.6 Å². The average Bonchev–Trinajstić information content (AvgIpc) is 3.48. The van der Waals surface area contributed by atoms with Crippen LogP contribution in [-0.4, -0.2) is 29.6 Å². The van der Waals surface area contributed by atoms with Crippen molar-refractivity contribution in [3.8, 4) is 11.5 Å². The van der Waals surface area contributed by atoms with Crippen molar-refractivity contribution < 1.29 is 26.3 Å². The third-order valence-corrected chi connectivity index (χ3v) is 6.09. The monoisotopic (exact) mass is 470 g/mol. The van der Waals surface area contributed by atoms with Gasteiger partial charge in [0.1, 0.15) is 0 Å². The molecule has 31 heavy (non-hydrogen) atoms. The van der Waals surface area contributed by atoms with Crippen LogP contribution < -0.4 is 4.74 Å². The van der Waals surface area contributed by atoms with Crippen LogP contribution >= 0.6 is 11.6 Å². The van der Waals surface area contributed by atoms with Gasteiger partial charge >= 0.3 is 6.18 Å². The summed E-state index contributed by atoms with van der Waals surface area (Å²) in [4.78, 5) is 3.98. The summed E-state index contributed by atoms with van der Waals surface area (Å²) in [5.41, 5.74) is 0.887. The number of aromatic nitrogens is 1. The smallest absolute Gasteiger partial charge is 0.404 e. The first kappa shape index (κ1) is 23.1. The lowest BCUT2D eigenvalue weighted by molar-refractivity contribution is -0.107. The minimum Gasteiger partial charge on any atom is -0.450 e. The maximum Gasteiger partial charge on any atom is 0.404 e. The number of rotatable bonds is 6. The Labute approximate surface area is 183 Å². The molecule has 0 unspecified atom stereocenters. The van der Waals surface area contributed by atoms with E-state index in [2.05, 4.69) is 4.98 Å². The fraction of sp³-hybridized carbons (Fsp3) is 0.190. The van der Waals surface area contributed by atoms with E-state index < -0.39 is 22.0 Å². The predicted molar refractivity (Wildman–Crippen MR) is 111 cm³/mol. The second-order valence-corrected chi connectivity index (χ2v) is 9.04. The quantitative estimate of drug-likeness (QED) is 0.353. The number of alkyl halides is 3. The summed E-state index contributed by atoms with van der Waals surface area (Å²) < 4.78 is 67.9. The van der Waals surface area contributed by atoms with Gasteiger partial charge in [0.2, 0.25) is 10.0 Å². The molecule has 0 amide bonds. The van der Waals surface area contributed by atoms with Gasteiger partial charge in [0.15, 0.2) is 17.3 Å². The lowest BCUT2D eigenvalue weighted by Gasteiger charge is -2.22. The van der Waals surface area contributed by atoms with E-state index in [1.54, 1.807) is 42.5 Å². The fourth-order valence-corrected chi connectivity index (χ4v) is 4.02. The van der Waals surface area contributed by atoms with Crippen LogP contribution in [0.3, 0.4) is 0 Å². The number of nitrogens with zero attached hydrogens (tertiary/aromatic N) is 2. The normalized spacial score (nSPS) is 12.4. The number of ether oxygens (including phenoxy) is 1. The molecule has 0 atom stereocenters. The van der Waals surface area contributed by atoms with Crippen molar-refractivity contribution in [3.05, 3.63) is 89.2 Å². The van der Waals surface area contributed by atoms with Gasteiger partial charge in [0, 0.05) is 17.8 Å². The lowest BCUT2D eigenvalue weighted by Crippen LogP contribution is -2.37. The van der Waals surface area contributed by atoms with Gasteiger partial charge in [-0.05, 0) is 42.0 Å². The van der Waals surface area contributed by atoms with E-state index in [1.807, 2.05) is 24.3 Å². The zero-order valence-electron chi connectivity index (χ0n) is 16.1. The number of hydrogen-bond acceptors (Lipinski definition) is 4. The molecule has 0 saturated carbocycles. The molecule has 1 aromatic heterocycles. The molecule has 10 heteroatoms. The number of sulfonamides is 1. The van der Waals surface area contributed by atoms with Crippen molar-refractivity contribution in [1.29, 1.82) is 0 Å². The lowest BCUT2D eigenvalue weighted by atomic mass is 10.2. The highest BCUT2D eigenvalue weighted by Crippen LogP contribution is 2.43. The summed E-state index contributed by atoms with van der Waals surface area (Å²) in [6, 6.07) is 18.9. The second kappa shape index (κ2) is 9.67. The molecule has 1 aliphatic heterocycles. The number of fused-ring (bicyclic) bond motifs is 1. The minimum atomic E-state index is -4.82. The molecule has 4 rings (SSSR count). The van der Waals surface area contributed by atoms with Crippen molar-refractivity contribution in [1.82, 2.24) is 9.29 Å². The number of halogens is 4. The number of para-hydroxylation sites is 2. The Hall–Kier alpha value is -2.62. The Kier molecular flexibility index (Phi) is 7.19. The van der Waals surface area contributed by atoms with E-state index in [4.69, 9.17) is 16.3 Å². The SMILES string of the molecule is O=S(=O)(CC(F)(F)F)N(Cc1ccc(Cl)cc1)Cc1ccccn1.c1ccc2c(c1)O2. The topological polar surface area (TPSA) is 62.8 Å². The summed E-state index contributed by atoms with van der Waals surface area (Å²) in [5.74, 6) is 0.144. The van der Waals surface area contributed by atoms with Gasteiger partial charge < -0.3 is 4.74 Å². The first-order valence-electron chi connectivity index (χ1n) is 9.08. The van der Waals surface area contributed by atoms with E-state index in [0.29, 0.717) is 16.3 Å². The maximum absolute atomic E-state index is 12.6. The highest BCUT2D eigenvalue weighted by Gasteiger charge is 2.38. The highest BCUT2D eigenvalue weighted by atomic mass is 35.5. The molecule has 0 spiro atoms. The van der Waals surface area contributed by atoms with Crippen LogP contribution in [0.1, 0.15) is 11.3 Å². The van der Waals surface area contributed by atoms with Gasteiger partial charge in [-0.3, -0.25) is 4.98 Å². The van der Waals surface area contributed by atoms with E-state index in [-0.39, 0.29) is 13.1 Å². The molecule has 0 N–H and O–H groups in total. The van der Waals surface area contributed by atoms with Gasteiger partial charge in [-0.2, -0.15) is 17.5 Å². The molecule has 164 valence electrons. The van der Waals surface area contributed by atoms with E-state index in [0.717, 1.165) is 15.8 Å². The predicted octanol–water partition coefficient (Wildman–Crippen LogP) is 5.42. The van der Waals surface area contributed by atoms with Crippen molar-refractivity contribution in [2.75, 3.05) is 5.75 Å². The van der Waals surface area contributed by atoms with E-state index in [1.165, 1.54) is 6.20 Å². The van der Waals surface area contributed by atoms with Crippen molar-refractivity contribution in [2.24, 2.45) is 0 Å². The Morgan fingerprint density at radius 1 is 0.903 bits per heavy atom. The highest BCUT2D eigenvalue weighted by molar-refractivity contribution is 7.89. The first-order valence-corrected chi connectivity index (χ1v) is 11.1. The summed E-state index contributed by atoms with van der Waals surface area (Å²) in [6.07, 6.45) is -3.37. The summed E-state index contributed by atoms with van der Waals surface area (Å²) in [7, 11) is -4.55. The summed E-state index contributed by atoms with van der Waals surface area (Å²) in [5, 5.41) is 0.452. The molecule has 0 bridgehead atoms. The molecule has 0 saturated heterocycles. The zero-order chi connectivity index (χ0) is 22.5. The number of hydrogen-bond donors (Lipinski definition) is 0. The Morgan fingerprint density at radius 2 is 1.52 bits per heavy atom. The molecule has 0 fully saturated rings. The van der Waals surface area contributed by atoms with Crippen molar-refractivity contribution in [3.63, 3.8) is 0 Å². The number of pyridine rings is 1. The van der Waals surface area contributed by atoms with Gasteiger partial charge in [-0.15, -0.1) is 0 Å². The van der Waals surface area contributed by atoms with Crippen molar-refractivity contribution in [2.45, 2.75) is 19.3 Å². The third kappa shape index (κ3) is 7.54. The van der Waals surface area contributed by atoms with Gasteiger partial charge in [-0.1, -0.05) is 41.9 Å². The van der Waals surface area contributed by atoms with Gasteiger partial charge in [0.25, 0.3) is 0 Å². The van der Waals surface area contributed by atoms with Crippen LogP contribution in [0, 0.1) is 0 Å². The van der Waals surface area contributed by atoms with Crippen LogP contribution in [0.25, 0.3) is 0 Å². The Balaban J connectivity index is 0.000000322. The van der Waals surface area contributed by atoms with Crippen LogP contribution in [0.5, 0.6) is 11.5 Å². The molecule has 2 heterocycles. The van der Waals surface area contributed by atoms with Crippen LogP contribution in [0.15, 0.2) is 72.9 Å². The molecule has 1 aliphatic rings. The fourth-order valence-electron chi connectivity index (χ4n) is 2.63. The van der Waals surface area contributed by atoms with Gasteiger partial charge in [0.05, 0.1) is 12.2 Å². The molecule has 0 aliphatic carbocycles. The Morgan fingerprint density at radius 3 is 2.03 bits per heavy atom. The molecule has 2 aromatic carbocycles. The maximum atomic E-state index is 12.6. The van der Waals surface area contributed by atoms with Crippen LogP contribution in [-0.2, 0) is 23.1 Å². The summed E-state index contributed by atoms with van der Waals surface area (Å²) >= 11 is 5.76.